The third kappa shape index (κ3) is 3.85. The molecule has 0 aliphatic heterocycles. The number of rotatable bonds is 3. The zero-order chi connectivity index (χ0) is 5.70. The molecular formula is C4H10N2S. The smallest absolute Gasteiger partial charge is 0.107 e. The molecule has 0 saturated heterocycles. The van der Waals surface area contributed by atoms with Crippen LogP contribution in [0.1, 0.15) is 0 Å². The predicted molar refractivity (Wildman–Crippen MR) is 34.8 cm³/mol. The van der Waals surface area contributed by atoms with Gasteiger partial charge in [-0.15, -0.1) is 11.8 Å². The minimum Gasteiger partial charge on any atom is -0.307 e. The van der Waals surface area contributed by atoms with E-state index in [-0.39, 0.29) is 5.50 Å². The van der Waals surface area contributed by atoms with E-state index in [1.165, 1.54) is 11.8 Å². The van der Waals surface area contributed by atoms with Gasteiger partial charge in [-0.3, -0.25) is 5.32 Å². The molecule has 0 saturated carbocycles. The summed E-state index contributed by atoms with van der Waals surface area (Å²) in [7, 11) is 1.81. The standard InChI is InChI=1S/C4H10N2S/c1-3-7-4(5)6-2/h3-4,6H,1,5H2,2H3. The molecule has 0 aromatic rings. The Morgan fingerprint density at radius 2 is 2.57 bits per heavy atom. The van der Waals surface area contributed by atoms with Crippen molar-refractivity contribution in [3.63, 3.8) is 0 Å². The first-order chi connectivity index (χ1) is 3.31. The summed E-state index contributed by atoms with van der Waals surface area (Å²) in [4.78, 5) is 0. The fraction of sp³-hybridized carbons (Fsp3) is 0.500. The molecule has 3 heteroatoms. The topological polar surface area (TPSA) is 38.0 Å². The molecule has 0 spiro atoms. The molecule has 0 heterocycles. The van der Waals surface area contributed by atoms with Gasteiger partial charge in [0.1, 0.15) is 5.50 Å². The number of nitrogens with one attached hydrogen (secondary N) is 1. The van der Waals surface area contributed by atoms with Crippen LogP contribution in [0.5, 0.6) is 0 Å². The van der Waals surface area contributed by atoms with E-state index < -0.39 is 0 Å². The van der Waals surface area contributed by atoms with Crippen molar-refractivity contribution in [2.45, 2.75) is 5.50 Å². The number of hydrogen-bond acceptors (Lipinski definition) is 3. The maximum Gasteiger partial charge on any atom is 0.107 e. The molecular weight excluding hydrogens is 108 g/mol. The summed E-state index contributed by atoms with van der Waals surface area (Å²) < 4.78 is 0. The maximum absolute atomic E-state index is 5.36. The van der Waals surface area contributed by atoms with Crippen LogP contribution in [0, 0.1) is 0 Å². The molecule has 3 N–H and O–H groups in total. The Morgan fingerprint density at radius 1 is 2.00 bits per heavy atom. The first-order valence-electron chi connectivity index (χ1n) is 2.00. The van der Waals surface area contributed by atoms with Gasteiger partial charge in [-0.25, -0.2) is 0 Å². The Morgan fingerprint density at radius 3 is 2.71 bits per heavy atom. The summed E-state index contributed by atoms with van der Waals surface area (Å²) in [5.41, 5.74) is 5.36. The van der Waals surface area contributed by atoms with E-state index in [1.807, 2.05) is 0 Å². The lowest BCUT2D eigenvalue weighted by molar-refractivity contribution is 0.778. The molecule has 2 nitrogen and oxygen atoms in total. The Balaban J connectivity index is 2.98. The van der Waals surface area contributed by atoms with Gasteiger partial charge < -0.3 is 5.73 Å². The Hall–Kier alpha value is 0.01000. The highest BCUT2D eigenvalue weighted by Gasteiger charge is 1.89. The van der Waals surface area contributed by atoms with Crippen molar-refractivity contribution in [2.24, 2.45) is 5.73 Å². The van der Waals surface area contributed by atoms with Crippen LogP contribution in [0.2, 0.25) is 0 Å². The van der Waals surface area contributed by atoms with Crippen molar-refractivity contribution < 1.29 is 0 Å². The van der Waals surface area contributed by atoms with Crippen LogP contribution in [0.3, 0.4) is 0 Å². The summed E-state index contributed by atoms with van der Waals surface area (Å²) in [6.07, 6.45) is 0. The monoisotopic (exact) mass is 118 g/mol. The largest absolute Gasteiger partial charge is 0.307 e. The lowest BCUT2D eigenvalue weighted by atomic mass is 11.1. The lowest BCUT2D eigenvalue weighted by Crippen LogP contribution is -2.29. The van der Waals surface area contributed by atoms with Crippen LogP contribution in [0.15, 0.2) is 12.0 Å². The molecule has 1 unspecified atom stereocenters. The minimum atomic E-state index is -0.00231. The molecule has 42 valence electrons. The zero-order valence-corrected chi connectivity index (χ0v) is 5.16. The Bertz CT molecular complexity index is 55.7. The van der Waals surface area contributed by atoms with Crippen molar-refractivity contribution in [2.75, 3.05) is 7.05 Å². The quantitative estimate of drug-likeness (QED) is 0.524. The van der Waals surface area contributed by atoms with E-state index in [1.54, 1.807) is 12.5 Å². The molecule has 0 fully saturated rings. The first kappa shape index (κ1) is 7.01. The van der Waals surface area contributed by atoms with E-state index in [9.17, 15) is 0 Å². The molecule has 7 heavy (non-hydrogen) atoms. The highest BCUT2D eigenvalue weighted by atomic mass is 32.2. The molecule has 0 rings (SSSR count). The summed E-state index contributed by atoms with van der Waals surface area (Å²) >= 11 is 1.46. The predicted octanol–water partition coefficient (Wildman–Crippen LogP) is 0.325. The van der Waals surface area contributed by atoms with Crippen LogP contribution in [0.25, 0.3) is 0 Å². The average Bonchev–Trinajstić information content (AvgIpc) is 1.68. The normalized spacial score (nSPS) is 13.4. The average molecular weight is 118 g/mol. The fourth-order valence-corrected chi connectivity index (χ4v) is 0.515. The fourth-order valence-electron chi connectivity index (χ4n) is 0.172. The van der Waals surface area contributed by atoms with Gasteiger partial charge in [0.15, 0.2) is 0 Å². The van der Waals surface area contributed by atoms with Gasteiger partial charge in [-0.1, -0.05) is 6.58 Å². The summed E-state index contributed by atoms with van der Waals surface area (Å²) in [5.74, 6) is 0. The number of hydrogen-bond donors (Lipinski definition) is 2. The van der Waals surface area contributed by atoms with Crippen LogP contribution in [-0.2, 0) is 0 Å². The number of nitrogens with two attached hydrogens (primary N) is 1. The van der Waals surface area contributed by atoms with E-state index in [0.717, 1.165) is 0 Å². The maximum atomic E-state index is 5.36. The second-order valence-corrected chi connectivity index (χ2v) is 2.13. The van der Waals surface area contributed by atoms with Crippen LogP contribution in [0.4, 0.5) is 0 Å². The zero-order valence-electron chi connectivity index (χ0n) is 4.35. The number of thioether (sulfide) groups is 1. The molecule has 0 aromatic heterocycles. The first-order valence-corrected chi connectivity index (χ1v) is 2.94. The molecule has 0 aliphatic rings. The van der Waals surface area contributed by atoms with Crippen molar-refractivity contribution in [3.8, 4) is 0 Å². The Kier molecular flexibility index (Phi) is 4.18. The van der Waals surface area contributed by atoms with Gasteiger partial charge in [0.05, 0.1) is 0 Å². The van der Waals surface area contributed by atoms with Crippen molar-refractivity contribution >= 4 is 11.8 Å². The SMILES string of the molecule is C=CSC(N)NC. The molecule has 1 atom stereocenters. The van der Waals surface area contributed by atoms with Gasteiger partial charge in [0, 0.05) is 0 Å². The lowest BCUT2D eigenvalue weighted by Gasteiger charge is -2.03. The minimum absolute atomic E-state index is 0.00231. The van der Waals surface area contributed by atoms with E-state index in [2.05, 4.69) is 11.9 Å². The van der Waals surface area contributed by atoms with Crippen LogP contribution >= 0.6 is 11.8 Å². The molecule has 0 amide bonds. The van der Waals surface area contributed by atoms with Gasteiger partial charge in [-0.05, 0) is 12.5 Å². The Labute approximate surface area is 48.2 Å². The van der Waals surface area contributed by atoms with Gasteiger partial charge in [-0.2, -0.15) is 0 Å². The third-order valence-electron chi connectivity index (χ3n) is 0.527. The molecule has 0 aromatic carbocycles. The third-order valence-corrected chi connectivity index (χ3v) is 1.25. The van der Waals surface area contributed by atoms with Crippen LogP contribution < -0.4 is 11.1 Å². The summed E-state index contributed by atoms with van der Waals surface area (Å²) in [5, 5.41) is 4.54. The highest BCUT2D eigenvalue weighted by Crippen LogP contribution is 1.99. The van der Waals surface area contributed by atoms with Gasteiger partial charge >= 0.3 is 0 Å². The molecule has 0 aliphatic carbocycles. The van der Waals surface area contributed by atoms with E-state index in [4.69, 9.17) is 5.73 Å². The molecule has 0 bridgehead atoms. The second-order valence-electron chi connectivity index (χ2n) is 1.01. The molecule has 0 radical (unpaired) electrons. The van der Waals surface area contributed by atoms with Crippen LogP contribution in [-0.4, -0.2) is 12.5 Å². The van der Waals surface area contributed by atoms with Crippen molar-refractivity contribution in [1.29, 1.82) is 0 Å². The summed E-state index contributed by atoms with van der Waals surface area (Å²) in [6, 6.07) is 0. The van der Waals surface area contributed by atoms with Gasteiger partial charge in [0.25, 0.3) is 0 Å². The second kappa shape index (κ2) is 4.18. The van der Waals surface area contributed by atoms with E-state index >= 15 is 0 Å². The van der Waals surface area contributed by atoms with Gasteiger partial charge in [0.2, 0.25) is 0 Å². The van der Waals surface area contributed by atoms with E-state index in [0.29, 0.717) is 0 Å². The highest BCUT2D eigenvalue weighted by molar-refractivity contribution is 8.02. The van der Waals surface area contributed by atoms with Crippen molar-refractivity contribution in [3.05, 3.63) is 12.0 Å². The summed E-state index contributed by atoms with van der Waals surface area (Å²) in [6.45, 7) is 3.49. The van der Waals surface area contributed by atoms with Crippen molar-refractivity contribution in [1.82, 2.24) is 5.32 Å².